The van der Waals surface area contributed by atoms with E-state index < -0.39 is 0 Å². The number of hydrogen-bond donors (Lipinski definition) is 0. The van der Waals surface area contributed by atoms with E-state index in [9.17, 15) is 0 Å². The second kappa shape index (κ2) is 4.07. The van der Waals surface area contributed by atoms with Gasteiger partial charge in [0.1, 0.15) is 0 Å². The molecule has 0 spiro atoms. The van der Waals surface area contributed by atoms with Gasteiger partial charge in [0.05, 0.1) is 5.69 Å². The molecule has 1 rings (SSSR count). The Labute approximate surface area is 78.9 Å². The summed E-state index contributed by atoms with van der Waals surface area (Å²) in [5, 5.41) is 7.70. The number of aromatic nitrogens is 3. The average molecular weight is 239 g/mol. The highest BCUT2D eigenvalue weighted by Crippen LogP contribution is 2.13. The lowest BCUT2D eigenvalue weighted by Crippen LogP contribution is -1.98. The lowest BCUT2D eigenvalue weighted by Gasteiger charge is -1.97. The van der Waals surface area contributed by atoms with Crippen molar-refractivity contribution in [3.8, 4) is 0 Å². The largest absolute Gasteiger partial charge is 0.251 e. The Hall–Kier alpha value is -0.0900. The molecule has 0 bridgehead atoms. The zero-order chi connectivity index (χ0) is 8.27. The highest BCUT2D eigenvalue weighted by molar-refractivity contribution is 9.10. The van der Waals surface area contributed by atoms with Gasteiger partial charge in [0.25, 0.3) is 0 Å². The van der Waals surface area contributed by atoms with Gasteiger partial charge in [-0.1, -0.05) is 5.21 Å². The lowest BCUT2D eigenvalue weighted by molar-refractivity contribution is 0.669. The maximum atomic E-state index is 5.56. The van der Waals surface area contributed by atoms with Gasteiger partial charge in [0.2, 0.25) is 0 Å². The van der Waals surface area contributed by atoms with E-state index in [1.54, 1.807) is 4.68 Å². The van der Waals surface area contributed by atoms with Gasteiger partial charge in [-0.05, 0) is 28.8 Å². The Kier molecular flexibility index (Phi) is 3.33. The minimum absolute atomic E-state index is 0.678. The Morgan fingerprint density at radius 1 is 1.64 bits per heavy atom. The molecule has 0 aromatic carbocycles. The summed E-state index contributed by atoms with van der Waals surface area (Å²) in [6, 6.07) is 0. The monoisotopic (exact) mass is 237 g/mol. The molecule has 1 heterocycles. The summed E-state index contributed by atoms with van der Waals surface area (Å²) in [4.78, 5) is 0. The highest BCUT2D eigenvalue weighted by atomic mass is 79.9. The Morgan fingerprint density at radius 2 is 2.36 bits per heavy atom. The van der Waals surface area contributed by atoms with Gasteiger partial charge in [-0.2, -0.15) is 0 Å². The standard InChI is InChI=1S/C6H9BrClN3/c1-11-5(3-2-4-8)6(7)9-10-11/h2-4H2,1H3. The molecule has 1 aromatic heterocycles. The highest BCUT2D eigenvalue weighted by Gasteiger charge is 2.05. The Morgan fingerprint density at radius 3 is 2.82 bits per heavy atom. The first-order valence-corrected chi connectivity index (χ1v) is 4.68. The fourth-order valence-electron chi connectivity index (χ4n) is 0.851. The first-order chi connectivity index (χ1) is 5.25. The van der Waals surface area contributed by atoms with Gasteiger partial charge in [0, 0.05) is 12.9 Å². The van der Waals surface area contributed by atoms with E-state index in [-0.39, 0.29) is 0 Å². The van der Waals surface area contributed by atoms with E-state index in [0.29, 0.717) is 5.88 Å². The van der Waals surface area contributed by atoms with Gasteiger partial charge in [-0.15, -0.1) is 16.7 Å². The molecular weight excluding hydrogens is 229 g/mol. The number of hydrogen-bond acceptors (Lipinski definition) is 2. The second-order valence-corrected chi connectivity index (χ2v) is 3.37. The predicted molar refractivity (Wildman–Crippen MR) is 47.7 cm³/mol. The second-order valence-electron chi connectivity index (χ2n) is 2.24. The van der Waals surface area contributed by atoms with Crippen molar-refractivity contribution in [3.63, 3.8) is 0 Å². The first-order valence-electron chi connectivity index (χ1n) is 3.35. The van der Waals surface area contributed by atoms with Gasteiger partial charge in [0.15, 0.2) is 4.60 Å². The van der Waals surface area contributed by atoms with E-state index in [1.807, 2.05) is 7.05 Å². The third-order valence-corrected chi connectivity index (χ3v) is 2.33. The van der Waals surface area contributed by atoms with Crippen LogP contribution in [0, 0.1) is 0 Å². The molecule has 0 aliphatic heterocycles. The van der Waals surface area contributed by atoms with E-state index in [2.05, 4.69) is 26.2 Å². The summed E-state index contributed by atoms with van der Waals surface area (Å²) in [6.07, 6.45) is 1.88. The molecule has 0 amide bonds. The Bertz CT molecular complexity index is 216. The van der Waals surface area contributed by atoms with Crippen LogP contribution in [-0.4, -0.2) is 20.9 Å². The smallest absolute Gasteiger partial charge is 0.151 e. The molecule has 0 saturated heterocycles. The summed E-state index contributed by atoms with van der Waals surface area (Å²) in [5.74, 6) is 0.678. The minimum atomic E-state index is 0.678. The third kappa shape index (κ3) is 2.17. The van der Waals surface area contributed by atoms with E-state index in [0.717, 1.165) is 23.1 Å². The molecule has 0 unspecified atom stereocenters. The van der Waals surface area contributed by atoms with Crippen LogP contribution in [0.15, 0.2) is 4.60 Å². The van der Waals surface area contributed by atoms with E-state index in [1.165, 1.54) is 0 Å². The number of nitrogens with zero attached hydrogens (tertiary/aromatic N) is 3. The van der Waals surface area contributed by atoms with Crippen molar-refractivity contribution in [3.05, 3.63) is 10.3 Å². The van der Waals surface area contributed by atoms with Crippen LogP contribution >= 0.6 is 27.5 Å². The van der Waals surface area contributed by atoms with Crippen LogP contribution in [0.2, 0.25) is 0 Å². The summed E-state index contributed by atoms with van der Waals surface area (Å²) in [6.45, 7) is 0. The molecule has 0 aliphatic rings. The zero-order valence-electron chi connectivity index (χ0n) is 6.22. The van der Waals surface area contributed by atoms with Crippen LogP contribution in [0.1, 0.15) is 12.1 Å². The summed E-state index contributed by atoms with van der Waals surface area (Å²) in [7, 11) is 1.88. The van der Waals surface area contributed by atoms with Crippen molar-refractivity contribution in [1.29, 1.82) is 0 Å². The number of halogens is 2. The normalized spacial score (nSPS) is 10.5. The SMILES string of the molecule is Cn1nnc(Br)c1CCCCl. The zero-order valence-corrected chi connectivity index (χ0v) is 8.56. The van der Waals surface area contributed by atoms with Gasteiger partial charge in [-0.3, -0.25) is 4.68 Å². The topological polar surface area (TPSA) is 30.7 Å². The summed E-state index contributed by atoms with van der Waals surface area (Å²) < 4.78 is 2.58. The van der Waals surface area contributed by atoms with Crippen molar-refractivity contribution in [2.45, 2.75) is 12.8 Å². The van der Waals surface area contributed by atoms with Crippen LogP contribution in [0.3, 0.4) is 0 Å². The average Bonchev–Trinajstić information content (AvgIpc) is 2.29. The predicted octanol–water partition coefficient (Wildman–Crippen LogP) is 1.75. The maximum Gasteiger partial charge on any atom is 0.151 e. The molecule has 3 nitrogen and oxygen atoms in total. The Balaban J connectivity index is 2.67. The molecule has 1 aromatic rings. The van der Waals surface area contributed by atoms with Crippen molar-refractivity contribution < 1.29 is 0 Å². The molecule has 5 heteroatoms. The van der Waals surface area contributed by atoms with Crippen LogP contribution in [0.5, 0.6) is 0 Å². The van der Waals surface area contributed by atoms with Crippen LogP contribution < -0.4 is 0 Å². The van der Waals surface area contributed by atoms with Crippen molar-refractivity contribution >= 4 is 27.5 Å². The van der Waals surface area contributed by atoms with Crippen molar-refractivity contribution in [2.24, 2.45) is 7.05 Å². The quantitative estimate of drug-likeness (QED) is 0.751. The summed E-state index contributed by atoms with van der Waals surface area (Å²) in [5.41, 5.74) is 1.10. The fraction of sp³-hybridized carbons (Fsp3) is 0.667. The molecule has 0 radical (unpaired) electrons. The minimum Gasteiger partial charge on any atom is -0.251 e. The first kappa shape index (κ1) is 9.00. The van der Waals surface area contributed by atoms with Gasteiger partial charge >= 0.3 is 0 Å². The molecule has 0 saturated carbocycles. The fourth-order valence-corrected chi connectivity index (χ4v) is 1.51. The van der Waals surface area contributed by atoms with Crippen LogP contribution in [0.25, 0.3) is 0 Å². The molecule has 0 N–H and O–H groups in total. The maximum absolute atomic E-state index is 5.56. The van der Waals surface area contributed by atoms with Gasteiger partial charge in [-0.25, -0.2) is 0 Å². The van der Waals surface area contributed by atoms with E-state index in [4.69, 9.17) is 11.6 Å². The van der Waals surface area contributed by atoms with Gasteiger partial charge < -0.3 is 0 Å². The molecular formula is C6H9BrClN3. The molecule has 0 fully saturated rings. The van der Waals surface area contributed by atoms with E-state index >= 15 is 0 Å². The van der Waals surface area contributed by atoms with Crippen molar-refractivity contribution in [1.82, 2.24) is 15.0 Å². The number of alkyl halides is 1. The molecule has 11 heavy (non-hydrogen) atoms. The molecule has 0 aliphatic carbocycles. The third-order valence-electron chi connectivity index (χ3n) is 1.44. The van der Waals surface area contributed by atoms with Crippen molar-refractivity contribution in [2.75, 3.05) is 5.88 Å². The number of rotatable bonds is 3. The van der Waals surface area contributed by atoms with Crippen LogP contribution in [-0.2, 0) is 13.5 Å². The van der Waals surface area contributed by atoms with Crippen LogP contribution in [0.4, 0.5) is 0 Å². The molecule has 62 valence electrons. The lowest BCUT2D eigenvalue weighted by atomic mass is 10.3. The molecule has 0 atom stereocenters. The number of aryl methyl sites for hydroxylation is 1. The summed E-state index contributed by atoms with van der Waals surface area (Å²) >= 11 is 8.87.